The van der Waals surface area contributed by atoms with Crippen molar-refractivity contribution >= 4 is 17.1 Å². The van der Waals surface area contributed by atoms with Crippen LogP contribution in [0.15, 0.2) is 146 Å². The second-order valence-corrected chi connectivity index (χ2v) is 13.7. The molecule has 0 amide bonds. The molecular formula is C45H36N6O3. The van der Waals surface area contributed by atoms with Gasteiger partial charge in [0.15, 0.2) is 37.7 Å². The van der Waals surface area contributed by atoms with Crippen LogP contribution in [0, 0.1) is 0 Å². The molecule has 1 aromatic heterocycles. The Morgan fingerprint density at radius 2 is 0.611 bits per heavy atom. The topological polar surface area (TPSA) is 76.1 Å². The van der Waals surface area contributed by atoms with Crippen LogP contribution in [-0.4, -0.2) is 35.1 Å². The summed E-state index contributed by atoms with van der Waals surface area (Å²) in [5.41, 5.74) is 9.45. The lowest BCUT2D eigenvalue weighted by Gasteiger charge is -2.30. The Labute approximate surface area is 313 Å². The molecule has 0 saturated heterocycles. The van der Waals surface area contributed by atoms with E-state index in [9.17, 15) is 0 Å². The maximum Gasteiger partial charge on any atom is 0.164 e. The first-order chi connectivity index (χ1) is 26.7. The summed E-state index contributed by atoms with van der Waals surface area (Å²) in [7, 11) is 0. The van der Waals surface area contributed by atoms with E-state index in [1.165, 1.54) is 16.7 Å². The summed E-state index contributed by atoms with van der Waals surface area (Å²) < 4.78 is 18.1. The van der Waals surface area contributed by atoms with Gasteiger partial charge in [-0.05, 0) is 91.0 Å². The molecule has 9 nitrogen and oxygen atoms in total. The molecule has 0 atom stereocenters. The van der Waals surface area contributed by atoms with Crippen LogP contribution in [0.5, 0.6) is 17.2 Å². The lowest BCUT2D eigenvalue weighted by Crippen LogP contribution is -2.31. The smallest absolute Gasteiger partial charge is 0.164 e. The van der Waals surface area contributed by atoms with Gasteiger partial charge < -0.3 is 28.9 Å². The van der Waals surface area contributed by atoms with Crippen LogP contribution >= 0.6 is 0 Å². The number of hydrogen-bond donors (Lipinski definition) is 0. The van der Waals surface area contributed by atoms with Gasteiger partial charge in [0.25, 0.3) is 0 Å². The summed E-state index contributed by atoms with van der Waals surface area (Å²) in [6.45, 7) is 3.84. The highest BCUT2D eigenvalue weighted by Crippen LogP contribution is 2.34. The number of fused-ring (bicyclic) bond motifs is 3. The molecule has 0 saturated carbocycles. The molecule has 6 aromatic carbocycles. The Bertz CT molecular complexity index is 2170. The highest BCUT2D eigenvalue weighted by Gasteiger charge is 2.21. The minimum absolute atomic E-state index is 0.495. The van der Waals surface area contributed by atoms with E-state index in [2.05, 4.69) is 106 Å². The lowest BCUT2D eigenvalue weighted by molar-refractivity contribution is 0.289. The van der Waals surface area contributed by atoms with Crippen molar-refractivity contribution in [2.75, 3.05) is 34.9 Å². The van der Waals surface area contributed by atoms with Gasteiger partial charge in [-0.15, -0.1) is 0 Å². The highest BCUT2D eigenvalue weighted by molar-refractivity contribution is 5.70. The lowest BCUT2D eigenvalue weighted by atomic mass is 10.1. The van der Waals surface area contributed by atoms with Crippen LogP contribution in [0.1, 0.15) is 16.7 Å². The summed E-state index contributed by atoms with van der Waals surface area (Å²) in [6.07, 6.45) is 0. The molecule has 54 heavy (non-hydrogen) atoms. The second-order valence-electron chi connectivity index (χ2n) is 13.7. The van der Waals surface area contributed by atoms with Crippen LogP contribution in [-0.2, 0) is 19.6 Å². The van der Waals surface area contributed by atoms with Crippen LogP contribution in [0.4, 0.5) is 17.1 Å². The van der Waals surface area contributed by atoms with Crippen molar-refractivity contribution in [1.82, 2.24) is 15.0 Å². The van der Waals surface area contributed by atoms with Crippen molar-refractivity contribution in [2.24, 2.45) is 0 Å². The molecule has 7 aromatic rings. The third kappa shape index (κ3) is 6.19. The third-order valence-electron chi connectivity index (χ3n) is 10.2. The predicted octanol–water partition coefficient (Wildman–Crippen LogP) is 8.94. The highest BCUT2D eigenvalue weighted by atomic mass is 16.5. The van der Waals surface area contributed by atoms with Crippen LogP contribution in [0.25, 0.3) is 34.2 Å². The van der Waals surface area contributed by atoms with Crippen LogP contribution in [0.3, 0.4) is 0 Å². The molecule has 3 aliphatic rings. The van der Waals surface area contributed by atoms with E-state index in [-0.39, 0.29) is 0 Å². The maximum atomic E-state index is 6.03. The van der Waals surface area contributed by atoms with Gasteiger partial charge in [-0.2, -0.15) is 0 Å². The van der Waals surface area contributed by atoms with Crippen molar-refractivity contribution in [1.29, 1.82) is 0 Å². The van der Waals surface area contributed by atoms with E-state index in [1.54, 1.807) is 0 Å². The predicted molar refractivity (Wildman–Crippen MR) is 210 cm³/mol. The molecule has 0 N–H and O–H groups in total. The van der Waals surface area contributed by atoms with Crippen molar-refractivity contribution in [3.05, 3.63) is 162 Å². The van der Waals surface area contributed by atoms with Crippen molar-refractivity contribution in [3.63, 3.8) is 0 Å². The van der Waals surface area contributed by atoms with Crippen molar-refractivity contribution in [2.45, 2.75) is 19.6 Å². The molecule has 0 spiro atoms. The van der Waals surface area contributed by atoms with Gasteiger partial charge in [0.1, 0.15) is 17.2 Å². The van der Waals surface area contributed by atoms with Gasteiger partial charge in [-0.25, -0.2) is 15.0 Å². The molecule has 0 aliphatic carbocycles. The maximum absolute atomic E-state index is 6.03. The second kappa shape index (κ2) is 13.6. The number of benzene rings is 6. The fraction of sp³-hybridized carbons (Fsp3) is 0.133. The fourth-order valence-corrected chi connectivity index (χ4v) is 7.25. The first kappa shape index (κ1) is 31.8. The Morgan fingerprint density at radius 3 is 0.907 bits per heavy atom. The average molecular weight is 709 g/mol. The molecule has 0 radical (unpaired) electrons. The van der Waals surface area contributed by atoms with E-state index in [1.807, 2.05) is 54.6 Å². The van der Waals surface area contributed by atoms with E-state index in [0.717, 1.165) is 70.6 Å². The fourth-order valence-electron chi connectivity index (χ4n) is 7.25. The van der Waals surface area contributed by atoms with Gasteiger partial charge in [-0.1, -0.05) is 54.6 Å². The number of hydrogen-bond acceptors (Lipinski definition) is 9. The standard InChI is InChI=1S/C45H36N6O3/c1-4-10-40-34(7-1)25-49(28-52-40)37-19-13-31(14-20-37)43-46-44(32-15-21-38(22-16-32)50-26-35-8-2-5-11-41(35)53-29-50)48-45(47-43)33-17-23-39(24-18-33)51-27-36-9-3-6-12-42(36)54-30-51/h1-24H,25-30H2. The van der Waals surface area contributed by atoms with E-state index < -0.39 is 0 Å². The van der Waals surface area contributed by atoms with Crippen molar-refractivity contribution < 1.29 is 14.2 Å². The van der Waals surface area contributed by atoms with E-state index in [0.29, 0.717) is 37.7 Å². The zero-order chi connectivity index (χ0) is 35.8. The molecule has 4 heterocycles. The number of rotatable bonds is 6. The number of nitrogens with zero attached hydrogens (tertiary/aromatic N) is 6. The zero-order valence-corrected chi connectivity index (χ0v) is 29.5. The van der Waals surface area contributed by atoms with Crippen LogP contribution in [0.2, 0.25) is 0 Å². The quantitative estimate of drug-likeness (QED) is 0.168. The number of ether oxygens (including phenoxy) is 3. The first-order valence-electron chi connectivity index (χ1n) is 18.1. The van der Waals surface area contributed by atoms with Crippen LogP contribution < -0.4 is 28.9 Å². The minimum atomic E-state index is 0.495. The van der Waals surface area contributed by atoms with Gasteiger partial charge in [0, 0.05) is 70.1 Å². The van der Waals surface area contributed by atoms with E-state index >= 15 is 0 Å². The number of anilines is 3. The molecule has 10 rings (SSSR count). The monoisotopic (exact) mass is 708 g/mol. The SMILES string of the molecule is c1ccc2c(c1)CN(c1ccc(-c3nc(-c4ccc(N5COc6ccccc6C5)cc4)nc(-c4ccc(N5COc6ccccc6C5)cc4)n3)cc1)CO2. The summed E-state index contributed by atoms with van der Waals surface area (Å²) in [5, 5.41) is 0. The first-order valence-corrected chi connectivity index (χ1v) is 18.1. The largest absolute Gasteiger partial charge is 0.473 e. The molecular weight excluding hydrogens is 673 g/mol. The molecule has 264 valence electrons. The molecule has 0 fully saturated rings. The Morgan fingerprint density at radius 1 is 0.333 bits per heavy atom. The number of para-hydroxylation sites is 3. The van der Waals surface area contributed by atoms with Gasteiger partial charge >= 0.3 is 0 Å². The Hall–Kier alpha value is -6.87. The van der Waals surface area contributed by atoms with E-state index in [4.69, 9.17) is 29.2 Å². The molecule has 9 heteroatoms. The summed E-state index contributed by atoms with van der Waals surface area (Å²) >= 11 is 0. The third-order valence-corrected chi connectivity index (χ3v) is 10.2. The normalized spacial score (nSPS) is 14.6. The summed E-state index contributed by atoms with van der Waals surface area (Å²) in [5.74, 6) is 4.66. The average Bonchev–Trinajstić information content (AvgIpc) is 3.26. The van der Waals surface area contributed by atoms with Gasteiger partial charge in [0.05, 0.1) is 0 Å². The zero-order valence-electron chi connectivity index (χ0n) is 29.5. The summed E-state index contributed by atoms with van der Waals surface area (Å²) in [4.78, 5) is 21.8. The number of aromatic nitrogens is 3. The van der Waals surface area contributed by atoms with Gasteiger partial charge in [-0.3, -0.25) is 0 Å². The van der Waals surface area contributed by atoms with Crippen molar-refractivity contribution in [3.8, 4) is 51.4 Å². The summed E-state index contributed by atoms with van der Waals surface area (Å²) in [6, 6.07) is 49.7. The molecule has 3 aliphatic heterocycles. The van der Waals surface area contributed by atoms with Gasteiger partial charge in [0.2, 0.25) is 0 Å². The Balaban J connectivity index is 0.957. The Kier molecular flexibility index (Phi) is 8.01. The molecule has 0 bridgehead atoms. The molecule has 0 unspecified atom stereocenters. The minimum Gasteiger partial charge on any atom is -0.473 e.